The van der Waals surface area contributed by atoms with Crippen LogP contribution in [0.4, 0.5) is 0 Å². The number of carbonyl (C=O) groups excluding carboxylic acids is 1. The van der Waals surface area contributed by atoms with Gasteiger partial charge in [0.05, 0.1) is 6.07 Å². The van der Waals surface area contributed by atoms with Crippen LogP contribution < -0.4 is 0 Å². The molecule has 0 spiro atoms. The fourth-order valence-corrected chi connectivity index (χ4v) is 3.31. The van der Waals surface area contributed by atoms with Crippen molar-refractivity contribution < 1.29 is 4.79 Å². The Morgan fingerprint density at radius 2 is 2.19 bits per heavy atom. The third-order valence-corrected chi connectivity index (χ3v) is 4.65. The number of aromatic nitrogens is 1. The summed E-state index contributed by atoms with van der Waals surface area (Å²) in [6.45, 7) is 2.22. The van der Waals surface area contributed by atoms with Gasteiger partial charge in [-0.1, -0.05) is 32.3 Å². The quantitative estimate of drug-likeness (QED) is 0.784. The number of Topliss-reactive ketones (excluding diaryl/α,β-unsaturated/α-hetero) is 1. The van der Waals surface area contributed by atoms with Crippen molar-refractivity contribution in [3.05, 3.63) is 30.1 Å². The summed E-state index contributed by atoms with van der Waals surface area (Å²) in [6.07, 6.45) is 11.3. The van der Waals surface area contributed by atoms with E-state index in [1.54, 1.807) is 18.5 Å². The molecule has 0 aliphatic heterocycles. The second kappa shape index (κ2) is 7.93. The Morgan fingerprint density at radius 1 is 1.43 bits per heavy atom. The molecule has 0 amide bonds. The van der Waals surface area contributed by atoms with Gasteiger partial charge >= 0.3 is 0 Å². The van der Waals surface area contributed by atoms with Crippen molar-refractivity contribution in [1.29, 1.82) is 5.26 Å². The maximum atomic E-state index is 12.6. The third-order valence-electron chi connectivity index (χ3n) is 4.65. The zero-order valence-electron chi connectivity index (χ0n) is 12.8. The number of hydrogen-bond acceptors (Lipinski definition) is 3. The van der Waals surface area contributed by atoms with Crippen LogP contribution in [-0.4, -0.2) is 10.8 Å². The van der Waals surface area contributed by atoms with E-state index in [1.165, 1.54) is 19.3 Å². The van der Waals surface area contributed by atoms with E-state index in [0.717, 1.165) is 37.2 Å². The Labute approximate surface area is 127 Å². The maximum Gasteiger partial charge on any atom is 0.157 e. The molecule has 3 nitrogen and oxygen atoms in total. The molecule has 3 heteroatoms. The molecule has 0 bridgehead atoms. The van der Waals surface area contributed by atoms with Crippen LogP contribution in [0, 0.1) is 23.2 Å². The molecule has 1 aliphatic rings. The summed E-state index contributed by atoms with van der Waals surface area (Å²) in [5, 5.41) is 9.35. The van der Waals surface area contributed by atoms with Crippen LogP contribution in [0.3, 0.4) is 0 Å². The molecule has 1 atom stereocenters. The average Bonchev–Trinajstić information content (AvgIpc) is 2.55. The van der Waals surface area contributed by atoms with Gasteiger partial charge < -0.3 is 0 Å². The Kier molecular flexibility index (Phi) is 5.92. The number of rotatable bonds is 6. The van der Waals surface area contributed by atoms with Crippen LogP contribution in [0.2, 0.25) is 0 Å². The Morgan fingerprint density at radius 3 is 2.76 bits per heavy atom. The first-order valence-corrected chi connectivity index (χ1v) is 8.09. The predicted molar refractivity (Wildman–Crippen MR) is 82.6 cm³/mol. The van der Waals surface area contributed by atoms with Crippen LogP contribution in [0.1, 0.15) is 63.4 Å². The van der Waals surface area contributed by atoms with Gasteiger partial charge in [0, 0.05) is 18.3 Å². The largest absolute Gasteiger partial charge is 0.298 e. The first-order chi connectivity index (χ1) is 10.3. The summed E-state index contributed by atoms with van der Waals surface area (Å²) in [4.78, 5) is 16.6. The second-order valence-corrected chi connectivity index (χ2v) is 6.11. The van der Waals surface area contributed by atoms with Gasteiger partial charge in [0.1, 0.15) is 5.92 Å². The number of ketones is 1. The smallest absolute Gasteiger partial charge is 0.157 e. The maximum absolute atomic E-state index is 12.6. The average molecular weight is 284 g/mol. The number of unbranched alkanes of at least 4 members (excludes halogenated alkanes) is 1. The van der Waals surface area contributed by atoms with Crippen molar-refractivity contribution in [2.24, 2.45) is 11.8 Å². The summed E-state index contributed by atoms with van der Waals surface area (Å²) in [5.74, 6) is 0.302. The lowest BCUT2D eigenvalue weighted by Gasteiger charge is -2.28. The van der Waals surface area contributed by atoms with Gasteiger partial charge in [-0.25, -0.2) is 0 Å². The van der Waals surface area contributed by atoms with Gasteiger partial charge in [-0.15, -0.1) is 0 Å². The third kappa shape index (κ3) is 4.14. The highest BCUT2D eigenvalue weighted by atomic mass is 16.1. The van der Waals surface area contributed by atoms with Crippen LogP contribution in [0.15, 0.2) is 24.5 Å². The lowest BCUT2D eigenvalue weighted by Crippen LogP contribution is -2.26. The van der Waals surface area contributed by atoms with E-state index in [9.17, 15) is 10.1 Å². The molecule has 1 saturated carbocycles. The van der Waals surface area contributed by atoms with Crippen molar-refractivity contribution in [3.63, 3.8) is 0 Å². The summed E-state index contributed by atoms with van der Waals surface area (Å²) in [6, 6.07) is 5.78. The minimum Gasteiger partial charge on any atom is -0.298 e. The Hall–Kier alpha value is -1.69. The van der Waals surface area contributed by atoms with Gasteiger partial charge in [-0.05, 0) is 43.2 Å². The number of nitriles is 1. The number of nitrogens with zero attached hydrogens (tertiary/aromatic N) is 2. The minimum absolute atomic E-state index is 0.0627. The summed E-state index contributed by atoms with van der Waals surface area (Å²) < 4.78 is 0. The van der Waals surface area contributed by atoms with Crippen LogP contribution in [0.25, 0.3) is 0 Å². The zero-order valence-corrected chi connectivity index (χ0v) is 12.8. The molecule has 2 rings (SSSR count). The van der Waals surface area contributed by atoms with Crippen molar-refractivity contribution in [1.82, 2.24) is 4.98 Å². The zero-order chi connectivity index (χ0) is 15.1. The molecule has 0 aromatic carbocycles. The second-order valence-electron chi connectivity index (χ2n) is 6.11. The molecule has 0 N–H and O–H groups in total. The van der Waals surface area contributed by atoms with Gasteiger partial charge in [0.25, 0.3) is 0 Å². The molecule has 1 aromatic rings. The van der Waals surface area contributed by atoms with Crippen molar-refractivity contribution in [2.75, 3.05) is 0 Å². The van der Waals surface area contributed by atoms with E-state index in [1.807, 2.05) is 6.07 Å². The minimum atomic E-state index is -0.643. The first-order valence-electron chi connectivity index (χ1n) is 8.09. The van der Waals surface area contributed by atoms with E-state index in [-0.39, 0.29) is 11.7 Å². The number of pyridine rings is 1. The van der Waals surface area contributed by atoms with Crippen molar-refractivity contribution in [2.45, 2.75) is 57.8 Å². The molecule has 21 heavy (non-hydrogen) atoms. The van der Waals surface area contributed by atoms with E-state index in [4.69, 9.17) is 0 Å². The van der Waals surface area contributed by atoms with Gasteiger partial charge in [-0.3, -0.25) is 9.78 Å². The lowest BCUT2D eigenvalue weighted by molar-refractivity contribution is -0.124. The number of carbonyl (C=O) groups is 1. The SMILES string of the molecule is CCCCC1CCC(C(=O)C(C#N)c2cccnc2)CC1. The standard InChI is InChI=1S/C18H24N2O/c1-2-3-5-14-7-9-15(10-8-14)18(21)17(12-19)16-6-4-11-20-13-16/h4,6,11,13-15,17H,2-3,5,7-10H2,1H3. The number of hydrogen-bond donors (Lipinski definition) is 0. The lowest BCUT2D eigenvalue weighted by atomic mass is 9.75. The summed E-state index contributed by atoms with van der Waals surface area (Å²) in [7, 11) is 0. The molecule has 1 heterocycles. The predicted octanol–water partition coefficient (Wildman–Crippen LogP) is 4.25. The first kappa shape index (κ1) is 15.7. The topological polar surface area (TPSA) is 53.8 Å². The van der Waals surface area contributed by atoms with E-state index in [2.05, 4.69) is 18.0 Å². The van der Waals surface area contributed by atoms with E-state index >= 15 is 0 Å². The summed E-state index contributed by atoms with van der Waals surface area (Å²) in [5.41, 5.74) is 0.734. The molecule has 112 valence electrons. The molecule has 1 unspecified atom stereocenters. The highest BCUT2D eigenvalue weighted by molar-refractivity contribution is 5.90. The summed E-state index contributed by atoms with van der Waals surface area (Å²) >= 11 is 0. The van der Waals surface area contributed by atoms with Gasteiger partial charge in [0.15, 0.2) is 5.78 Å². The van der Waals surface area contributed by atoms with Gasteiger partial charge in [0.2, 0.25) is 0 Å². The van der Waals surface area contributed by atoms with Crippen LogP contribution >= 0.6 is 0 Å². The van der Waals surface area contributed by atoms with Crippen LogP contribution in [-0.2, 0) is 4.79 Å². The van der Waals surface area contributed by atoms with Crippen molar-refractivity contribution in [3.8, 4) is 6.07 Å². The van der Waals surface area contributed by atoms with E-state index < -0.39 is 5.92 Å². The highest BCUT2D eigenvalue weighted by Crippen LogP contribution is 2.35. The van der Waals surface area contributed by atoms with E-state index in [0.29, 0.717) is 0 Å². The normalized spacial score (nSPS) is 23.2. The van der Waals surface area contributed by atoms with Crippen LogP contribution in [0.5, 0.6) is 0 Å². The molecule has 0 saturated heterocycles. The monoisotopic (exact) mass is 284 g/mol. The molecular weight excluding hydrogens is 260 g/mol. The highest BCUT2D eigenvalue weighted by Gasteiger charge is 2.31. The molecular formula is C18H24N2O. The fraction of sp³-hybridized carbons (Fsp3) is 0.611. The molecule has 1 aliphatic carbocycles. The van der Waals surface area contributed by atoms with Crippen molar-refractivity contribution >= 4 is 5.78 Å². The Bertz CT molecular complexity index is 484. The van der Waals surface area contributed by atoms with Gasteiger partial charge in [-0.2, -0.15) is 5.26 Å². The molecule has 0 radical (unpaired) electrons. The molecule has 1 aromatic heterocycles. The Balaban J connectivity index is 1.93. The fourth-order valence-electron chi connectivity index (χ4n) is 3.31. The molecule has 1 fully saturated rings.